The van der Waals surface area contributed by atoms with Gasteiger partial charge in [-0.3, -0.25) is 4.79 Å². The van der Waals surface area contributed by atoms with Crippen LogP contribution in [0.1, 0.15) is 5.56 Å². The molecule has 2 aromatic carbocycles. The molecule has 1 heterocycles. The predicted molar refractivity (Wildman–Crippen MR) is 106 cm³/mol. The van der Waals surface area contributed by atoms with E-state index in [1.807, 2.05) is 36.4 Å². The van der Waals surface area contributed by atoms with Crippen molar-refractivity contribution in [3.63, 3.8) is 0 Å². The van der Waals surface area contributed by atoms with Crippen LogP contribution in [-0.4, -0.2) is 33.6 Å². The number of hydrogen-bond acceptors (Lipinski definition) is 6. The quantitative estimate of drug-likeness (QED) is 0.465. The number of carbonyl (C=O) groups excluding carboxylic acids is 1. The average Bonchev–Trinajstić information content (AvgIpc) is 3.05. The van der Waals surface area contributed by atoms with Crippen LogP contribution < -0.4 is 15.9 Å². The number of ether oxygens (including phenoxy) is 1. The van der Waals surface area contributed by atoms with Gasteiger partial charge in [-0.1, -0.05) is 53.7 Å². The molecular formula is C18H18ClN5O2S. The molecule has 0 unspecified atom stereocenters. The second-order valence-electron chi connectivity index (χ2n) is 5.56. The molecule has 0 spiro atoms. The number of nitrogen functional groups attached to an aromatic ring is 1. The van der Waals surface area contributed by atoms with Crippen molar-refractivity contribution in [1.29, 1.82) is 0 Å². The Hall–Kier alpha value is -2.71. The number of nitrogens with one attached hydrogen (secondary N) is 1. The van der Waals surface area contributed by atoms with Gasteiger partial charge < -0.3 is 15.9 Å². The Morgan fingerprint density at radius 1 is 1.26 bits per heavy atom. The van der Waals surface area contributed by atoms with E-state index in [0.717, 1.165) is 16.9 Å². The molecule has 140 valence electrons. The molecule has 3 rings (SSSR count). The molecule has 3 N–H and O–H groups in total. The molecule has 0 aliphatic carbocycles. The Labute approximate surface area is 165 Å². The molecule has 1 amide bonds. The second kappa shape index (κ2) is 8.79. The molecule has 0 fully saturated rings. The largest absolute Gasteiger partial charge is 0.496 e. The first-order valence-electron chi connectivity index (χ1n) is 8.06. The first-order chi connectivity index (χ1) is 13.1. The number of nitrogens with two attached hydrogens (primary N) is 1. The Kier molecular flexibility index (Phi) is 6.20. The predicted octanol–water partition coefficient (Wildman–Crippen LogP) is 2.73. The van der Waals surface area contributed by atoms with Crippen LogP contribution in [0, 0.1) is 0 Å². The van der Waals surface area contributed by atoms with Gasteiger partial charge in [-0.15, -0.1) is 10.2 Å². The first-order valence-corrected chi connectivity index (χ1v) is 9.42. The zero-order chi connectivity index (χ0) is 19.2. The fourth-order valence-corrected chi connectivity index (χ4v) is 3.30. The van der Waals surface area contributed by atoms with Gasteiger partial charge in [-0.2, -0.15) is 0 Å². The molecule has 0 aliphatic heterocycles. The number of hydrogen-bond donors (Lipinski definition) is 2. The van der Waals surface area contributed by atoms with Crippen molar-refractivity contribution in [3.8, 4) is 17.1 Å². The number of nitrogens with zero attached hydrogens (tertiary/aromatic N) is 3. The molecule has 0 saturated heterocycles. The van der Waals surface area contributed by atoms with Crippen LogP contribution >= 0.6 is 23.4 Å². The fourth-order valence-electron chi connectivity index (χ4n) is 2.42. The third kappa shape index (κ3) is 4.72. The normalized spacial score (nSPS) is 10.6. The number of methoxy groups -OCH3 is 1. The minimum absolute atomic E-state index is 0.141. The fraction of sp³-hybridized carbons (Fsp3) is 0.167. The van der Waals surface area contributed by atoms with E-state index in [9.17, 15) is 4.79 Å². The molecule has 0 atom stereocenters. The standard InChI is InChI=1S/C18H18ClN5O2S/c1-26-15-8-3-2-5-13(15)10-21-16(25)11-27-18-23-22-17(24(18)20)12-6-4-7-14(19)9-12/h2-9H,10-11,20H2,1H3,(H,21,25). The Bertz CT molecular complexity index is 947. The summed E-state index contributed by atoms with van der Waals surface area (Å²) >= 11 is 7.21. The SMILES string of the molecule is COc1ccccc1CNC(=O)CSc1nnc(-c2cccc(Cl)c2)n1N. The molecule has 0 radical (unpaired) electrons. The third-order valence-corrected chi connectivity index (χ3v) is 4.93. The second-order valence-corrected chi connectivity index (χ2v) is 6.94. The highest BCUT2D eigenvalue weighted by molar-refractivity contribution is 7.99. The number of amides is 1. The van der Waals surface area contributed by atoms with Gasteiger partial charge >= 0.3 is 0 Å². The highest BCUT2D eigenvalue weighted by Gasteiger charge is 2.14. The average molecular weight is 404 g/mol. The van der Waals surface area contributed by atoms with Crippen molar-refractivity contribution < 1.29 is 9.53 Å². The maximum atomic E-state index is 12.1. The summed E-state index contributed by atoms with van der Waals surface area (Å²) in [5.41, 5.74) is 1.66. The molecule has 27 heavy (non-hydrogen) atoms. The number of thioether (sulfide) groups is 1. The minimum atomic E-state index is -0.141. The van der Waals surface area contributed by atoms with E-state index in [-0.39, 0.29) is 11.7 Å². The van der Waals surface area contributed by atoms with Gasteiger partial charge in [-0.05, 0) is 18.2 Å². The molecule has 0 aliphatic rings. The lowest BCUT2D eigenvalue weighted by Gasteiger charge is -2.09. The van der Waals surface area contributed by atoms with Crippen LogP contribution in [0.15, 0.2) is 53.7 Å². The first kappa shape index (κ1) is 19.1. The van der Waals surface area contributed by atoms with E-state index >= 15 is 0 Å². The van der Waals surface area contributed by atoms with Gasteiger partial charge in [0.25, 0.3) is 0 Å². The van der Waals surface area contributed by atoms with E-state index in [2.05, 4.69) is 15.5 Å². The monoisotopic (exact) mass is 403 g/mol. The summed E-state index contributed by atoms with van der Waals surface area (Å²) < 4.78 is 6.62. The Morgan fingerprint density at radius 3 is 2.85 bits per heavy atom. The molecule has 7 nitrogen and oxygen atoms in total. The summed E-state index contributed by atoms with van der Waals surface area (Å²) in [6, 6.07) is 14.7. The van der Waals surface area contributed by atoms with Gasteiger partial charge in [0.1, 0.15) is 5.75 Å². The van der Waals surface area contributed by atoms with Gasteiger partial charge in [0, 0.05) is 22.7 Å². The van der Waals surface area contributed by atoms with Crippen LogP contribution in [0.2, 0.25) is 5.02 Å². The van der Waals surface area contributed by atoms with E-state index in [0.29, 0.717) is 22.5 Å². The van der Waals surface area contributed by atoms with E-state index in [4.69, 9.17) is 22.2 Å². The van der Waals surface area contributed by atoms with Crippen LogP contribution in [0.3, 0.4) is 0 Å². The highest BCUT2D eigenvalue weighted by Crippen LogP contribution is 2.23. The van der Waals surface area contributed by atoms with Crippen LogP contribution in [0.4, 0.5) is 0 Å². The van der Waals surface area contributed by atoms with Crippen LogP contribution in [0.25, 0.3) is 11.4 Å². The van der Waals surface area contributed by atoms with Gasteiger partial charge in [0.2, 0.25) is 11.1 Å². The lowest BCUT2D eigenvalue weighted by Crippen LogP contribution is -2.25. The maximum Gasteiger partial charge on any atom is 0.230 e. The van der Waals surface area contributed by atoms with Crippen LogP contribution in [0.5, 0.6) is 5.75 Å². The Balaban J connectivity index is 1.58. The zero-order valence-electron chi connectivity index (χ0n) is 14.6. The molecule has 1 aromatic heterocycles. The van der Waals surface area contributed by atoms with Crippen molar-refractivity contribution in [2.24, 2.45) is 0 Å². The summed E-state index contributed by atoms with van der Waals surface area (Å²) in [4.78, 5) is 12.1. The van der Waals surface area contributed by atoms with Gasteiger partial charge in [0.05, 0.1) is 12.9 Å². The molecular weight excluding hydrogens is 386 g/mol. The molecule has 9 heteroatoms. The van der Waals surface area contributed by atoms with E-state index < -0.39 is 0 Å². The topological polar surface area (TPSA) is 95.1 Å². The van der Waals surface area contributed by atoms with Crippen molar-refractivity contribution in [1.82, 2.24) is 20.2 Å². The highest BCUT2D eigenvalue weighted by atomic mass is 35.5. The van der Waals surface area contributed by atoms with Crippen molar-refractivity contribution >= 4 is 29.3 Å². The molecule has 0 bridgehead atoms. The zero-order valence-corrected chi connectivity index (χ0v) is 16.1. The number of aromatic nitrogens is 3. The third-order valence-electron chi connectivity index (χ3n) is 3.75. The summed E-state index contributed by atoms with van der Waals surface area (Å²) in [5, 5.41) is 12.0. The van der Waals surface area contributed by atoms with E-state index in [1.54, 1.807) is 19.2 Å². The number of benzene rings is 2. The Morgan fingerprint density at radius 2 is 2.07 bits per heavy atom. The maximum absolute atomic E-state index is 12.1. The smallest absolute Gasteiger partial charge is 0.230 e. The van der Waals surface area contributed by atoms with Crippen molar-refractivity contribution in [3.05, 3.63) is 59.1 Å². The molecule has 3 aromatic rings. The number of halogens is 1. The number of para-hydroxylation sites is 1. The lowest BCUT2D eigenvalue weighted by atomic mass is 10.2. The van der Waals surface area contributed by atoms with E-state index in [1.165, 1.54) is 16.4 Å². The number of rotatable bonds is 7. The van der Waals surface area contributed by atoms with Crippen molar-refractivity contribution in [2.75, 3.05) is 18.7 Å². The minimum Gasteiger partial charge on any atom is -0.496 e. The summed E-state index contributed by atoms with van der Waals surface area (Å²) in [6.45, 7) is 0.381. The lowest BCUT2D eigenvalue weighted by molar-refractivity contribution is -0.118. The molecule has 0 saturated carbocycles. The summed E-state index contributed by atoms with van der Waals surface area (Å²) in [7, 11) is 1.60. The summed E-state index contributed by atoms with van der Waals surface area (Å²) in [6.07, 6.45) is 0. The van der Waals surface area contributed by atoms with Crippen molar-refractivity contribution in [2.45, 2.75) is 11.7 Å². The summed E-state index contributed by atoms with van der Waals surface area (Å²) in [5.74, 6) is 7.30. The van der Waals surface area contributed by atoms with Crippen LogP contribution in [-0.2, 0) is 11.3 Å². The van der Waals surface area contributed by atoms with Gasteiger partial charge in [-0.25, -0.2) is 4.68 Å². The number of carbonyl (C=O) groups is 1. The van der Waals surface area contributed by atoms with Gasteiger partial charge in [0.15, 0.2) is 5.82 Å².